The second-order valence-corrected chi connectivity index (χ2v) is 13.7. The van der Waals surface area contributed by atoms with E-state index in [0.29, 0.717) is 30.7 Å². The lowest BCUT2D eigenvalue weighted by atomic mass is 9.88. The standard InChI is InChI=1S/C27H36FN7O3S/c1-16(2)19-6-7-22(35-13-18(17(35)3)15-39(5,37)38)21-11-29-24(10-20(19)21)31-25-12-30-33-26(32-25)34-9-8-27(4,36)23(28)14-34/h6-7,10-12,16-18,23,36H,8-9,13-15H2,1-5H3,(H,29,31,32,33)/t17-,18-,23+,27-/m1/s1. The molecule has 0 aliphatic carbocycles. The average molecular weight is 558 g/mol. The van der Waals surface area contributed by atoms with Crippen LogP contribution in [-0.2, 0) is 9.84 Å². The van der Waals surface area contributed by atoms with Crippen molar-refractivity contribution in [3.05, 3.63) is 36.2 Å². The Labute approximate surface area is 228 Å². The van der Waals surface area contributed by atoms with Crippen LogP contribution in [0.4, 0.5) is 27.7 Å². The first-order valence-electron chi connectivity index (χ1n) is 13.3. The molecular formula is C27H36FN7O3S. The summed E-state index contributed by atoms with van der Waals surface area (Å²) in [7, 11) is -3.03. The van der Waals surface area contributed by atoms with Crippen molar-refractivity contribution in [1.29, 1.82) is 0 Å². The van der Waals surface area contributed by atoms with E-state index in [1.807, 2.05) is 12.3 Å². The number of benzene rings is 1. The fraction of sp³-hybridized carbons (Fsp3) is 0.556. The van der Waals surface area contributed by atoms with Crippen LogP contribution in [0.1, 0.15) is 45.6 Å². The first kappa shape index (κ1) is 27.4. The van der Waals surface area contributed by atoms with Crippen molar-refractivity contribution in [3.8, 4) is 0 Å². The minimum absolute atomic E-state index is 0.00709. The van der Waals surface area contributed by atoms with Crippen LogP contribution < -0.4 is 15.1 Å². The summed E-state index contributed by atoms with van der Waals surface area (Å²) in [6, 6.07) is 6.34. The summed E-state index contributed by atoms with van der Waals surface area (Å²) in [6.07, 6.45) is 3.48. The normalized spacial score (nSPS) is 25.7. The molecule has 0 spiro atoms. The largest absolute Gasteiger partial charge is 0.387 e. The van der Waals surface area contributed by atoms with E-state index in [1.165, 1.54) is 24.9 Å². The summed E-state index contributed by atoms with van der Waals surface area (Å²) in [5.41, 5.74) is 0.860. The monoisotopic (exact) mass is 557 g/mol. The minimum atomic E-state index is -3.03. The van der Waals surface area contributed by atoms with Crippen molar-refractivity contribution in [2.45, 2.75) is 57.8 Å². The smallest absolute Gasteiger partial charge is 0.247 e. The van der Waals surface area contributed by atoms with Crippen molar-refractivity contribution in [1.82, 2.24) is 20.2 Å². The summed E-state index contributed by atoms with van der Waals surface area (Å²) >= 11 is 0. The van der Waals surface area contributed by atoms with E-state index in [4.69, 9.17) is 0 Å². The predicted octanol–water partition coefficient (Wildman–Crippen LogP) is 3.46. The van der Waals surface area contributed by atoms with Gasteiger partial charge in [0, 0.05) is 48.6 Å². The van der Waals surface area contributed by atoms with E-state index in [9.17, 15) is 17.9 Å². The molecule has 2 fully saturated rings. The van der Waals surface area contributed by atoms with E-state index >= 15 is 0 Å². The Bertz CT molecular complexity index is 1480. The van der Waals surface area contributed by atoms with Crippen molar-refractivity contribution < 1.29 is 17.9 Å². The molecule has 5 rings (SSSR count). The van der Waals surface area contributed by atoms with Crippen LogP contribution in [-0.4, -0.2) is 83.1 Å². The molecule has 4 heterocycles. The van der Waals surface area contributed by atoms with Gasteiger partial charge in [0.15, 0.2) is 5.82 Å². The molecule has 2 N–H and O–H groups in total. The summed E-state index contributed by atoms with van der Waals surface area (Å²) in [6.45, 7) is 8.96. The van der Waals surface area contributed by atoms with E-state index in [1.54, 1.807) is 4.90 Å². The Kier molecular flexibility index (Phi) is 7.13. The zero-order valence-corrected chi connectivity index (χ0v) is 23.8. The zero-order valence-electron chi connectivity index (χ0n) is 23.0. The first-order chi connectivity index (χ1) is 18.3. The molecule has 0 saturated carbocycles. The maximum absolute atomic E-state index is 14.4. The van der Waals surface area contributed by atoms with Gasteiger partial charge in [-0.25, -0.2) is 17.8 Å². The summed E-state index contributed by atoms with van der Waals surface area (Å²) in [5, 5.41) is 23.5. The maximum Gasteiger partial charge on any atom is 0.247 e. The van der Waals surface area contributed by atoms with Gasteiger partial charge in [-0.3, -0.25) is 0 Å². The molecule has 0 unspecified atom stereocenters. The fourth-order valence-corrected chi connectivity index (χ4v) is 6.62. The molecule has 39 heavy (non-hydrogen) atoms. The Balaban J connectivity index is 1.40. The minimum Gasteiger partial charge on any atom is -0.387 e. The van der Waals surface area contributed by atoms with Gasteiger partial charge in [-0.1, -0.05) is 19.9 Å². The molecule has 0 radical (unpaired) electrons. The molecule has 0 amide bonds. The number of sulfone groups is 1. The number of rotatable bonds is 7. The van der Waals surface area contributed by atoms with Crippen molar-refractivity contribution in [2.75, 3.05) is 46.8 Å². The van der Waals surface area contributed by atoms with Crippen LogP contribution in [0.3, 0.4) is 0 Å². The number of nitrogens with zero attached hydrogens (tertiary/aromatic N) is 6. The van der Waals surface area contributed by atoms with Gasteiger partial charge in [0.25, 0.3) is 0 Å². The van der Waals surface area contributed by atoms with E-state index in [0.717, 1.165) is 16.5 Å². The lowest BCUT2D eigenvalue weighted by molar-refractivity contribution is -0.0332. The Morgan fingerprint density at radius 3 is 2.64 bits per heavy atom. The SMILES string of the molecule is CC(C)c1ccc(N2C[C@H](CS(C)(=O)=O)[C@H]2C)c2cnc(Nc3cnnc(N4CC[C@@](C)(O)[C@@H](F)C4)n3)cc12. The number of hydrogen-bond donors (Lipinski definition) is 2. The van der Waals surface area contributed by atoms with Crippen molar-refractivity contribution >= 4 is 43.9 Å². The molecule has 2 aliphatic rings. The van der Waals surface area contributed by atoms with E-state index in [-0.39, 0.29) is 36.6 Å². The third-order valence-corrected chi connectivity index (χ3v) is 9.03. The van der Waals surface area contributed by atoms with Crippen LogP contribution in [0.15, 0.2) is 30.6 Å². The molecule has 12 heteroatoms. The molecule has 3 aromatic rings. The lowest BCUT2D eigenvalue weighted by Gasteiger charge is -2.48. The Morgan fingerprint density at radius 1 is 1.21 bits per heavy atom. The lowest BCUT2D eigenvalue weighted by Crippen LogP contribution is -2.57. The van der Waals surface area contributed by atoms with Crippen LogP contribution >= 0.6 is 0 Å². The van der Waals surface area contributed by atoms with Crippen LogP contribution in [0, 0.1) is 5.92 Å². The summed E-state index contributed by atoms with van der Waals surface area (Å²) in [5.74, 6) is 1.88. The molecule has 210 valence electrons. The fourth-order valence-electron chi connectivity index (χ4n) is 5.46. The highest BCUT2D eigenvalue weighted by Crippen LogP contribution is 2.39. The quantitative estimate of drug-likeness (QED) is 0.446. The molecule has 2 aromatic heterocycles. The number of halogens is 1. The van der Waals surface area contributed by atoms with Crippen molar-refractivity contribution in [2.24, 2.45) is 5.92 Å². The molecule has 0 bridgehead atoms. The Hall–Kier alpha value is -3.12. The van der Waals surface area contributed by atoms with Gasteiger partial charge in [0.1, 0.15) is 21.8 Å². The Morgan fingerprint density at radius 2 is 1.97 bits per heavy atom. The number of piperidine rings is 1. The number of nitrogens with one attached hydrogen (secondary N) is 1. The van der Waals surface area contributed by atoms with Gasteiger partial charge in [-0.15, -0.1) is 5.10 Å². The number of anilines is 4. The topological polar surface area (TPSA) is 124 Å². The first-order valence-corrected chi connectivity index (χ1v) is 15.3. The number of aliphatic hydroxyl groups is 1. The van der Waals surface area contributed by atoms with Gasteiger partial charge in [0.2, 0.25) is 5.95 Å². The average Bonchev–Trinajstić information content (AvgIpc) is 2.86. The van der Waals surface area contributed by atoms with Gasteiger partial charge < -0.3 is 20.2 Å². The molecule has 1 aromatic carbocycles. The van der Waals surface area contributed by atoms with Crippen molar-refractivity contribution in [3.63, 3.8) is 0 Å². The van der Waals surface area contributed by atoms with Gasteiger partial charge >= 0.3 is 0 Å². The third-order valence-electron chi connectivity index (χ3n) is 7.99. The number of pyridine rings is 1. The maximum atomic E-state index is 14.4. The van der Waals surface area contributed by atoms with Crippen LogP contribution in [0.2, 0.25) is 0 Å². The third kappa shape index (κ3) is 5.62. The predicted molar refractivity (Wildman–Crippen MR) is 151 cm³/mol. The second-order valence-electron chi connectivity index (χ2n) is 11.5. The molecule has 2 aliphatic heterocycles. The van der Waals surface area contributed by atoms with Crippen LogP contribution in [0.5, 0.6) is 0 Å². The summed E-state index contributed by atoms with van der Waals surface area (Å²) in [4.78, 5) is 13.1. The molecular weight excluding hydrogens is 521 g/mol. The van der Waals surface area contributed by atoms with E-state index in [2.05, 4.69) is 63.3 Å². The van der Waals surface area contributed by atoms with E-state index < -0.39 is 21.6 Å². The van der Waals surface area contributed by atoms with Gasteiger partial charge in [0.05, 0.1) is 24.1 Å². The second kappa shape index (κ2) is 10.1. The highest BCUT2D eigenvalue weighted by Gasteiger charge is 2.39. The number of aromatic nitrogens is 4. The summed E-state index contributed by atoms with van der Waals surface area (Å²) < 4.78 is 38.0. The number of hydrogen-bond acceptors (Lipinski definition) is 10. The number of alkyl halides is 1. The molecule has 4 atom stereocenters. The van der Waals surface area contributed by atoms with Gasteiger partial charge in [-0.05, 0) is 49.3 Å². The zero-order chi connectivity index (χ0) is 28.1. The van der Waals surface area contributed by atoms with Gasteiger partial charge in [-0.2, -0.15) is 10.1 Å². The molecule has 2 saturated heterocycles. The highest BCUT2D eigenvalue weighted by molar-refractivity contribution is 7.90. The molecule has 10 nitrogen and oxygen atoms in total. The van der Waals surface area contributed by atoms with Crippen LogP contribution in [0.25, 0.3) is 10.8 Å². The highest BCUT2D eigenvalue weighted by atomic mass is 32.2. The number of fused-ring (bicyclic) bond motifs is 1.